The molecule has 3 aliphatic rings. The van der Waals surface area contributed by atoms with E-state index < -0.39 is 0 Å². The minimum absolute atomic E-state index is 0.175. The highest BCUT2D eigenvalue weighted by atomic mass is 16.1. The predicted molar refractivity (Wildman–Crippen MR) is 82.4 cm³/mol. The Bertz CT molecular complexity index is 540. The first-order valence-corrected chi connectivity index (χ1v) is 7.56. The zero-order valence-electron chi connectivity index (χ0n) is 12.6. The fourth-order valence-corrected chi connectivity index (χ4v) is 3.15. The van der Waals surface area contributed by atoms with E-state index in [-0.39, 0.29) is 11.3 Å². The van der Waals surface area contributed by atoms with Crippen LogP contribution in [0.15, 0.2) is 30.0 Å². The molecule has 0 aliphatic carbocycles. The first-order valence-electron chi connectivity index (χ1n) is 7.56. The second-order valence-electron chi connectivity index (χ2n) is 7.03. The van der Waals surface area contributed by atoms with Crippen molar-refractivity contribution in [2.75, 3.05) is 13.1 Å². The number of fused-ring (bicyclic) bond motifs is 3. The summed E-state index contributed by atoms with van der Waals surface area (Å²) in [5.74, 6) is 0.627. The molecule has 0 atom stereocenters. The van der Waals surface area contributed by atoms with Gasteiger partial charge in [-0.1, -0.05) is 45.0 Å². The number of ketones is 1. The van der Waals surface area contributed by atoms with E-state index in [1.807, 2.05) is 0 Å². The summed E-state index contributed by atoms with van der Waals surface area (Å²) in [6.07, 6.45) is 4.15. The van der Waals surface area contributed by atoms with Gasteiger partial charge in [0.15, 0.2) is 5.78 Å². The third-order valence-electron chi connectivity index (χ3n) is 4.54. The van der Waals surface area contributed by atoms with Crippen LogP contribution in [0.4, 0.5) is 0 Å². The van der Waals surface area contributed by atoms with Crippen LogP contribution >= 0.6 is 0 Å². The van der Waals surface area contributed by atoms with E-state index in [4.69, 9.17) is 0 Å². The highest BCUT2D eigenvalue weighted by Gasteiger charge is 2.36. The Kier molecular flexibility index (Phi) is 3.19. The molecule has 106 valence electrons. The van der Waals surface area contributed by atoms with Crippen LogP contribution in [0.3, 0.4) is 0 Å². The molecule has 0 N–H and O–H groups in total. The quantitative estimate of drug-likeness (QED) is 0.726. The van der Waals surface area contributed by atoms with Gasteiger partial charge in [0.25, 0.3) is 0 Å². The lowest BCUT2D eigenvalue weighted by Gasteiger charge is -2.41. The number of Topliss-reactive ketones (excluding diaryl/α,β-unsaturated/α-hetero) is 1. The number of allylic oxidation sites excluding steroid dienone is 1. The number of piperidine rings is 3. The van der Waals surface area contributed by atoms with Crippen LogP contribution in [0.1, 0.15) is 44.7 Å². The van der Waals surface area contributed by atoms with Gasteiger partial charge in [-0.05, 0) is 35.5 Å². The minimum Gasteiger partial charge on any atom is -0.369 e. The molecule has 2 bridgehead atoms. The van der Waals surface area contributed by atoms with Crippen molar-refractivity contribution in [2.24, 2.45) is 5.92 Å². The van der Waals surface area contributed by atoms with E-state index in [9.17, 15) is 4.79 Å². The van der Waals surface area contributed by atoms with Crippen molar-refractivity contribution in [3.63, 3.8) is 0 Å². The molecule has 0 spiro atoms. The average Bonchev–Trinajstić information content (AvgIpc) is 2.43. The Morgan fingerprint density at radius 1 is 1.10 bits per heavy atom. The van der Waals surface area contributed by atoms with Crippen LogP contribution in [0.25, 0.3) is 6.08 Å². The van der Waals surface area contributed by atoms with Crippen LogP contribution in [0, 0.1) is 5.92 Å². The zero-order valence-corrected chi connectivity index (χ0v) is 12.6. The summed E-state index contributed by atoms with van der Waals surface area (Å²) < 4.78 is 0. The molecular weight excluding hydrogens is 246 g/mol. The van der Waals surface area contributed by atoms with Crippen molar-refractivity contribution in [3.05, 3.63) is 41.1 Å². The Morgan fingerprint density at radius 3 is 2.20 bits per heavy atom. The number of hydrogen-bond acceptors (Lipinski definition) is 2. The van der Waals surface area contributed by atoms with E-state index in [0.29, 0.717) is 5.78 Å². The lowest BCUT2D eigenvalue weighted by Crippen LogP contribution is -2.45. The molecule has 0 amide bonds. The maximum absolute atomic E-state index is 12.3. The van der Waals surface area contributed by atoms with Gasteiger partial charge in [0.05, 0.1) is 5.70 Å². The summed E-state index contributed by atoms with van der Waals surface area (Å²) in [5.41, 5.74) is 3.57. The molecule has 0 aromatic heterocycles. The van der Waals surface area contributed by atoms with Crippen molar-refractivity contribution in [1.29, 1.82) is 0 Å². The van der Waals surface area contributed by atoms with Gasteiger partial charge in [0.1, 0.15) is 0 Å². The maximum Gasteiger partial charge on any atom is 0.182 e. The van der Waals surface area contributed by atoms with Crippen molar-refractivity contribution in [1.82, 2.24) is 4.90 Å². The van der Waals surface area contributed by atoms with Crippen LogP contribution < -0.4 is 0 Å². The minimum atomic E-state index is 0.175. The number of hydrogen-bond donors (Lipinski definition) is 0. The summed E-state index contributed by atoms with van der Waals surface area (Å²) in [6.45, 7) is 8.74. The molecule has 0 saturated carbocycles. The number of carbonyl (C=O) groups excluding carboxylic acids is 1. The maximum atomic E-state index is 12.3. The highest BCUT2D eigenvalue weighted by Crippen LogP contribution is 2.32. The molecule has 2 nitrogen and oxygen atoms in total. The normalized spacial score (nSPS) is 21.9. The molecule has 2 heteroatoms. The molecule has 0 unspecified atom stereocenters. The van der Waals surface area contributed by atoms with E-state index in [1.54, 1.807) is 0 Å². The Hall–Kier alpha value is -1.57. The summed E-state index contributed by atoms with van der Waals surface area (Å²) in [6, 6.07) is 8.61. The van der Waals surface area contributed by atoms with E-state index in [2.05, 4.69) is 56.0 Å². The number of nitrogens with zero attached hydrogens (tertiary/aromatic N) is 1. The van der Waals surface area contributed by atoms with E-state index >= 15 is 0 Å². The van der Waals surface area contributed by atoms with Gasteiger partial charge in [0.2, 0.25) is 0 Å². The van der Waals surface area contributed by atoms with Crippen molar-refractivity contribution in [3.8, 4) is 0 Å². The molecule has 3 fully saturated rings. The van der Waals surface area contributed by atoms with E-state index in [0.717, 1.165) is 37.2 Å². The molecule has 20 heavy (non-hydrogen) atoms. The zero-order chi connectivity index (χ0) is 14.3. The topological polar surface area (TPSA) is 20.3 Å². The molecule has 1 aromatic rings. The third kappa shape index (κ3) is 2.39. The molecule has 0 radical (unpaired) electrons. The Balaban J connectivity index is 1.87. The van der Waals surface area contributed by atoms with Crippen LogP contribution in [0.2, 0.25) is 0 Å². The molecule has 3 saturated heterocycles. The van der Waals surface area contributed by atoms with Crippen molar-refractivity contribution < 1.29 is 4.79 Å². The molecule has 4 rings (SSSR count). The molecule has 3 aliphatic heterocycles. The highest BCUT2D eigenvalue weighted by molar-refractivity contribution is 6.01. The van der Waals surface area contributed by atoms with Crippen LogP contribution in [-0.4, -0.2) is 23.8 Å². The van der Waals surface area contributed by atoms with Crippen molar-refractivity contribution >= 4 is 11.9 Å². The average molecular weight is 269 g/mol. The molecule has 3 heterocycles. The summed E-state index contributed by atoms with van der Waals surface area (Å²) in [4.78, 5) is 14.6. The van der Waals surface area contributed by atoms with Gasteiger partial charge < -0.3 is 4.90 Å². The van der Waals surface area contributed by atoms with Gasteiger partial charge in [0, 0.05) is 19.0 Å². The van der Waals surface area contributed by atoms with Crippen LogP contribution in [0.5, 0.6) is 0 Å². The van der Waals surface area contributed by atoms with Crippen LogP contribution in [-0.2, 0) is 10.2 Å². The number of carbonyl (C=O) groups is 1. The predicted octanol–water partition coefficient (Wildman–Crippen LogP) is 3.62. The lowest BCUT2D eigenvalue weighted by molar-refractivity contribution is -0.125. The first kappa shape index (κ1) is 13.4. The van der Waals surface area contributed by atoms with Gasteiger partial charge in [-0.25, -0.2) is 0 Å². The van der Waals surface area contributed by atoms with Gasteiger partial charge in [-0.3, -0.25) is 4.79 Å². The smallest absolute Gasteiger partial charge is 0.182 e. The Labute approximate surface area is 121 Å². The fourth-order valence-electron chi connectivity index (χ4n) is 3.15. The summed E-state index contributed by atoms with van der Waals surface area (Å²) >= 11 is 0. The monoisotopic (exact) mass is 269 g/mol. The van der Waals surface area contributed by atoms with E-state index in [1.165, 1.54) is 5.56 Å². The lowest BCUT2D eigenvalue weighted by atomic mass is 9.84. The first-order chi connectivity index (χ1) is 9.45. The van der Waals surface area contributed by atoms with Gasteiger partial charge in [-0.15, -0.1) is 0 Å². The van der Waals surface area contributed by atoms with Crippen molar-refractivity contribution in [2.45, 2.75) is 39.0 Å². The van der Waals surface area contributed by atoms with Gasteiger partial charge >= 0.3 is 0 Å². The molecular formula is C18H23NO. The summed E-state index contributed by atoms with van der Waals surface area (Å²) in [7, 11) is 0. The molecule has 1 aromatic carbocycles. The second kappa shape index (κ2) is 4.76. The Morgan fingerprint density at radius 2 is 1.70 bits per heavy atom. The van der Waals surface area contributed by atoms with Gasteiger partial charge in [-0.2, -0.15) is 0 Å². The summed E-state index contributed by atoms with van der Waals surface area (Å²) in [5, 5.41) is 0. The number of benzene rings is 1. The SMILES string of the molecule is CC(C)(C)c1ccc(/C=C2/C(=O)C3CCN2CC3)cc1. The largest absolute Gasteiger partial charge is 0.369 e. The third-order valence-corrected chi connectivity index (χ3v) is 4.54. The fraction of sp³-hybridized carbons (Fsp3) is 0.500. The standard InChI is InChI=1S/C18H23NO/c1-18(2,3)15-6-4-13(5-7-15)12-16-17(20)14-8-10-19(16)11-9-14/h4-7,12,14H,8-11H2,1-3H3/b16-12-. The second-order valence-corrected chi connectivity index (χ2v) is 7.03. The number of rotatable bonds is 1.